The number of nitrogens with one attached hydrogen (secondary N) is 1. The molecule has 1 amide bonds. The summed E-state index contributed by atoms with van der Waals surface area (Å²) in [6.45, 7) is 0.106. The first-order chi connectivity index (χ1) is 17.9. The Kier molecular flexibility index (Phi) is 6.70. The maximum atomic E-state index is 13.2. The van der Waals surface area contributed by atoms with Crippen LogP contribution >= 0.6 is 0 Å². The molecule has 7 heteroatoms. The fourth-order valence-electron chi connectivity index (χ4n) is 4.42. The SMILES string of the molecule is CS(=O)(=O)N(Cc1ccccc1)c1ccccc1C(=O)N/N=C\c1c2ccccc2cc2ccccc12. The van der Waals surface area contributed by atoms with E-state index in [1.807, 2.05) is 78.9 Å². The third kappa shape index (κ3) is 5.22. The van der Waals surface area contributed by atoms with Crippen molar-refractivity contribution in [2.45, 2.75) is 6.54 Å². The molecule has 0 bridgehead atoms. The standard InChI is InChI=1S/C30H25N3O3S/c1-37(35,36)33(21-22-11-3-2-4-12-22)29-18-10-9-17-27(29)30(34)32-31-20-28-25-15-7-5-13-23(25)19-24-14-6-8-16-26(24)28/h2-20H,21H2,1H3,(H,32,34)/b31-20-. The van der Waals surface area contributed by atoms with E-state index in [-0.39, 0.29) is 17.8 Å². The highest BCUT2D eigenvalue weighted by Gasteiger charge is 2.23. The third-order valence-electron chi connectivity index (χ3n) is 6.16. The van der Waals surface area contributed by atoms with Crippen molar-refractivity contribution < 1.29 is 13.2 Å². The number of fused-ring (bicyclic) bond motifs is 2. The van der Waals surface area contributed by atoms with Gasteiger partial charge in [0.05, 0.1) is 30.3 Å². The largest absolute Gasteiger partial charge is 0.273 e. The van der Waals surface area contributed by atoms with E-state index in [0.717, 1.165) is 38.9 Å². The zero-order valence-corrected chi connectivity index (χ0v) is 21.0. The van der Waals surface area contributed by atoms with E-state index in [9.17, 15) is 13.2 Å². The molecular formula is C30H25N3O3S. The Morgan fingerprint density at radius 2 is 1.38 bits per heavy atom. The Balaban J connectivity index is 1.47. The van der Waals surface area contributed by atoms with Crippen LogP contribution in [0.3, 0.4) is 0 Å². The number of nitrogens with zero attached hydrogens (tertiary/aromatic N) is 2. The number of hydrogen-bond donors (Lipinski definition) is 1. The Morgan fingerprint density at radius 3 is 2.03 bits per heavy atom. The van der Waals surface area contributed by atoms with Crippen LogP contribution in [0.2, 0.25) is 0 Å². The highest BCUT2D eigenvalue weighted by atomic mass is 32.2. The van der Waals surface area contributed by atoms with Crippen LogP contribution < -0.4 is 9.73 Å². The average Bonchev–Trinajstić information content (AvgIpc) is 2.91. The van der Waals surface area contributed by atoms with Gasteiger partial charge in [-0.2, -0.15) is 5.10 Å². The van der Waals surface area contributed by atoms with Crippen molar-refractivity contribution in [3.63, 3.8) is 0 Å². The second-order valence-electron chi connectivity index (χ2n) is 8.70. The number of carbonyl (C=O) groups is 1. The molecule has 0 spiro atoms. The minimum Gasteiger partial charge on any atom is -0.267 e. The second-order valence-corrected chi connectivity index (χ2v) is 10.6. The van der Waals surface area contributed by atoms with Crippen LogP contribution in [-0.2, 0) is 16.6 Å². The summed E-state index contributed by atoms with van der Waals surface area (Å²) in [5.74, 6) is -0.502. The predicted molar refractivity (Wildman–Crippen MR) is 150 cm³/mol. The zero-order chi connectivity index (χ0) is 25.8. The molecule has 0 fully saturated rings. The number of anilines is 1. The van der Waals surface area contributed by atoms with E-state index in [1.54, 1.807) is 30.5 Å². The summed E-state index contributed by atoms with van der Waals surface area (Å²) in [6.07, 6.45) is 2.78. The summed E-state index contributed by atoms with van der Waals surface area (Å²) in [7, 11) is -3.67. The van der Waals surface area contributed by atoms with Gasteiger partial charge in [-0.15, -0.1) is 0 Å². The van der Waals surface area contributed by atoms with E-state index in [2.05, 4.69) is 16.6 Å². The Labute approximate surface area is 215 Å². The van der Waals surface area contributed by atoms with Gasteiger partial charge in [0.25, 0.3) is 5.91 Å². The topological polar surface area (TPSA) is 78.8 Å². The van der Waals surface area contributed by atoms with Gasteiger partial charge in [0, 0.05) is 5.56 Å². The molecule has 0 atom stereocenters. The lowest BCUT2D eigenvalue weighted by Gasteiger charge is -2.24. The van der Waals surface area contributed by atoms with Crippen LogP contribution in [0.15, 0.2) is 114 Å². The molecule has 5 rings (SSSR count). The maximum absolute atomic E-state index is 13.2. The fraction of sp³-hybridized carbons (Fsp3) is 0.0667. The van der Waals surface area contributed by atoms with Crippen molar-refractivity contribution in [1.29, 1.82) is 0 Å². The molecule has 5 aromatic rings. The zero-order valence-electron chi connectivity index (χ0n) is 20.2. The molecule has 0 heterocycles. The second kappa shape index (κ2) is 10.2. The molecule has 5 aromatic carbocycles. The van der Waals surface area contributed by atoms with Gasteiger partial charge in [-0.05, 0) is 45.3 Å². The number of hydrogen-bond acceptors (Lipinski definition) is 4. The number of para-hydroxylation sites is 1. The number of carbonyl (C=O) groups excluding carboxylic acids is 1. The van der Waals surface area contributed by atoms with E-state index in [4.69, 9.17) is 0 Å². The van der Waals surface area contributed by atoms with Gasteiger partial charge in [-0.3, -0.25) is 9.10 Å². The van der Waals surface area contributed by atoms with Crippen LogP contribution in [0, 0.1) is 0 Å². The van der Waals surface area contributed by atoms with Crippen LogP contribution in [-0.4, -0.2) is 26.8 Å². The molecular weight excluding hydrogens is 482 g/mol. The molecule has 0 unspecified atom stereocenters. The predicted octanol–water partition coefficient (Wildman–Crippen LogP) is 5.72. The monoisotopic (exact) mass is 507 g/mol. The molecule has 0 aromatic heterocycles. The smallest absolute Gasteiger partial charge is 0.267 e. The van der Waals surface area contributed by atoms with Gasteiger partial charge in [0.1, 0.15) is 0 Å². The number of rotatable bonds is 7. The lowest BCUT2D eigenvalue weighted by Crippen LogP contribution is -2.32. The number of benzene rings is 5. The molecule has 0 aliphatic rings. The summed E-state index contributed by atoms with van der Waals surface area (Å²) in [5, 5.41) is 8.46. The molecule has 1 N–H and O–H groups in total. The highest BCUT2D eigenvalue weighted by molar-refractivity contribution is 7.92. The Morgan fingerprint density at radius 1 is 0.811 bits per heavy atom. The van der Waals surface area contributed by atoms with Crippen LogP contribution in [0.4, 0.5) is 5.69 Å². The van der Waals surface area contributed by atoms with Crippen molar-refractivity contribution in [2.75, 3.05) is 10.6 Å². The molecule has 0 saturated heterocycles. The minimum atomic E-state index is -3.67. The lowest BCUT2D eigenvalue weighted by molar-refractivity contribution is 0.0956. The van der Waals surface area contributed by atoms with Gasteiger partial charge in [-0.1, -0.05) is 91.0 Å². The van der Waals surface area contributed by atoms with Crippen molar-refractivity contribution in [1.82, 2.24) is 5.43 Å². The summed E-state index contributed by atoms with van der Waals surface area (Å²) in [6, 6.07) is 34.0. The fourth-order valence-corrected chi connectivity index (χ4v) is 5.32. The van der Waals surface area contributed by atoms with E-state index >= 15 is 0 Å². The van der Waals surface area contributed by atoms with Gasteiger partial charge in [-0.25, -0.2) is 13.8 Å². The van der Waals surface area contributed by atoms with Gasteiger partial charge >= 0.3 is 0 Å². The van der Waals surface area contributed by atoms with Gasteiger partial charge in [0.2, 0.25) is 10.0 Å². The van der Waals surface area contributed by atoms with Gasteiger partial charge < -0.3 is 0 Å². The first kappa shape index (κ1) is 24.2. The summed E-state index contributed by atoms with van der Waals surface area (Å²) in [5.41, 5.74) is 4.80. The molecule has 0 aliphatic heterocycles. The maximum Gasteiger partial charge on any atom is 0.273 e. The quantitative estimate of drug-likeness (QED) is 0.174. The normalized spacial score (nSPS) is 11.7. The van der Waals surface area contributed by atoms with E-state index in [0.29, 0.717) is 0 Å². The lowest BCUT2D eigenvalue weighted by atomic mass is 9.97. The summed E-state index contributed by atoms with van der Waals surface area (Å²) < 4.78 is 26.7. The molecule has 184 valence electrons. The molecule has 0 radical (unpaired) electrons. The van der Waals surface area contributed by atoms with E-state index < -0.39 is 15.9 Å². The van der Waals surface area contributed by atoms with Crippen LogP contribution in [0.1, 0.15) is 21.5 Å². The van der Waals surface area contributed by atoms with E-state index in [1.165, 1.54) is 4.31 Å². The Hall–Kier alpha value is -4.49. The number of amides is 1. The third-order valence-corrected chi connectivity index (χ3v) is 7.29. The van der Waals surface area contributed by atoms with Crippen molar-refractivity contribution in [3.05, 3.63) is 126 Å². The minimum absolute atomic E-state index is 0.106. The van der Waals surface area contributed by atoms with Crippen LogP contribution in [0.25, 0.3) is 21.5 Å². The molecule has 0 aliphatic carbocycles. The first-order valence-electron chi connectivity index (χ1n) is 11.8. The number of sulfonamides is 1. The van der Waals surface area contributed by atoms with Crippen molar-refractivity contribution in [2.24, 2.45) is 5.10 Å². The van der Waals surface area contributed by atoms with Crippen molar-refractivity contribution in [3.8, 4) is 0 Å². The molecule has 6 nitrogen and oxygen atoms in total. The van der Waals surface area contributed by atoms with Gasteiger partial charge in [0.15, 0.2) is 0 Å². The van der Waals surface area contributed by atoms with Crippen molar-refractivity contribution >= 4 is 49.4 Å². The first-order valence-corrected chi connectivity index (χ1v) is 13.6. The highest BCUT2D eigenvalue weighted by Crippen LogP contribution is 2.28. The summed E-state index contributed by atoms with van der Waals surface area (Å²) >= 11 is 0. The van der Waals surface area contributed by atoms with Crippen LogP contribution in [0.5, 0.6) is 0 Å². The summed E-state index contributed by atoms with van der Waals surface area (Å²) in [4.78, 5) is 13.2. The average molecular weight is 508 g/mol. The number of hydrazone groups is 1. The Bertz CT molecular complexity index is 1680. The molecule has 0 saturated carbocycles. The molecule has 37 heavy (non-hydrogen) atoms.